The fourth-order valence-electron chi connectivity index (χ4n) is 2.44. The largest absolute Gasteiger partial charge is 0.444 e. The van der Waals surface area contributed by atoms with E-state index in [1.165, 1.54) is 4.88 Å². The Labute approximate surface area is 153 Å². The van der Waals surface area contributed by atoms with Gasteiger partial charge in [-0.05, 0) is 27.2 Å². The highest BCUT2D eigenvalue weighted by Crippen LogP contribution is 2.14. The van der Waals surface area contributed by atoms with Crippen molar-refractivity contribution < 1.29 is 9.53 Å². The van der Waals surface area contributed by atoms with Crippen molar-refractivity contribution in [3.63, 3.8) is 0 Å². The third kappa shape index (κ3) is 6.19. The molecule has 0 aromatic carbocycles. The number of aryl methyl sites for hydroxylation is 1. The van der Waals surface area contributed by atoms with Crippen LogP contribution in [0, 0.1) is 0 Å². The number of thiazole rings is 1. The molecule has 1 saturated heterocycles. The van der Waals surface area contributed by atoms with Crippen LogP contribution in [0.15, 0.2) is 11.2 Å². The molecule has 1 aliphatic rings. The summed E-state index contributed by atoms with van der Waals surface area (Å²) in [6.45, 7) is 10.9. The van der Waals surface area contributed by atoms with Crippen molar-refractivity contribution in [2.45, 2.75) is 46.1 Å². The molecule has 1 aromatic rings. The van der Waals surface area contributed by atoms with Crippen LogP contribution in [0.3, 0.4) is 0 Å². The van der Waals surface area contributed by atoms with Crippen LogP contribution in [0.25, 0.3) is 0 Å². The van der Waals surface area contributed by atoms with Gasteiger partial charge in [-0.15, -0.1) is 11.3 Å². The van der Waals surface area contributed by atoms with Crippen LogP contribution in [0.4, 0.5) is 4.79 Å². The Morgan fingerprint density at radius 3 is 2.52 bits per heavy atom. The van der Waals surface area contributed by atoms with Crippen LogP contribution >= 0.6 is 11.3 Å². The maximum atomic E-state index is 12.1. The van der Waals surface area contributed by atoms with Crippen LogP contribution in [-0.4, -0.2) is 65.2 Å². The first-order chi connectivity index (χ1) is 11.8. The van der Waals surface area contributed by atoms with Crippen molar-refractivity contribution in [3.8, 4) is 0 Å². The van der Waals surface area contributed by atoms with Gasteiger partial charge in [0.15, 0.2) is 5.96 Å². The molecule has 1 fully saturated rings. The maximum absolute atomic E-state index is 12.1. The summed E-state index contributed by atoms with van der Waals surface area (Å²) in [4.78, 5) is 25.9. The van der Waals surface area contributed by atoms with E-state index < -0.39 is 5.60 Å². The lowest BCUT2D eigenvalue weighted by Gasteiger charge is -2.36. The number of ether oxygens (including phenoxy) is 1. The molecule has 140 valence electrons. The fourth-order valence-corrected chi connectivity index (χ4v) is 3.29. The average molecular weight is 368 g/mol. The number of nitrogens with two attached hydrogens (primary N) is 1. The molecule has 8 heteroatoms. The Hall–Kier alpha value is -1.83. The first-order valence-corrected chi connectivity index (χ1v) is 9.56. The predicted molar refractivity (Wildman–Crippen MR) is 101 cm³/mol. The van der Waals surface area contributed by atoms with E-state index in [4.69, 9.17) is 10.5 Å². The highest BCUT2D eigenvalue weighted by Gasteiger charge is 2.26. The molecule has 1 amide bonds. The summed E-state index contributed by atoms with van der Waals surface area (Å²) in [5.74, 6) is 0.538. The number of rotatable bonds is 4. The van der Waals surface area contributed by atoms with Crippen molar-refractivity contribution in [1.82, 2.24) is 14.8 Å². The van der Waals surface area contributed by atoms with E-state index in [1.807, 2.05) is 31.9 Å². The molecule has 2 heterocycles. The van der Waals surface area contributed by atoms with E-state index in [-0.39, 0.29) is 6.09 Å². The van der Waals surface area contributed by atoms with Gasteiger partial charge in [-0.2, -0.15) is 0 Å². The van der Waals surface area contributed by atoms with E-state index in [2.05, 4.69) is 16.9 Å². The maximum Gasteiger partial charge on any atom is 0.410 e. The zero-order chi connectivity index (χ0) is 18.4. The number of piperazine rings is 1. The van der Waals surface area contributed by atoms with Gasteiger partial charge >= 0.3 is 6.09 Å². The van der Waals surface area contributed by atoms with Crippen LogP contribution in [-0.2, 0) is 17.6 Å². The topological polar surface area (TPSA) is 84.0 Å². The Morgan fingerprint density at radius 2 is 1.96 bits per heavy atom. The van der Waals surface area contributed by atoms with E-state index >= 15 is 0 Å². The number of amides is 1. The van der Waals surface area contributed by atoms with E-state index in [0.717, 1.165) is 17.8 Å². The van der Waals surface area contributed by atoms with E-state index in [9.17, 15) is 4.79 Å². The van der Waals surface area contributed by atoms with Gasteiger partial charge in [-0.25, -0.2) is 9.78 Å². The van der Waals surface area contributed by atoms with Gasteiger partial charge in [-0.3, -0.25) is 4.99 Å². The number of hydrogen-bond acceptors (Lipinski definition) is 5. The van der Waals surface area contributed by atoms with Crippen LogP contribution < -0.4 is 5.73 Å². The molecular formula is C17H29N5O2S. The van der Waals surface area contributed by atoms with Gasteiger partial charge in [0.05, 0.1) is 5.01 Å². The van der Waals surface area contributed by atoms with Crippen molar-refractivity contribution in [2.24, 2.45) is 10.7 Å². The number of carbonyl (C=O) groups excluding carboxylic acids is 1. The summed E-state index contributed by atoms with van der Waals surface area (Å²) in [6, 6.07) is 0. The minimum absolute atomic E-state index is 0.266. The third-order valence-corrected chi connectivity index (χ3v) is 5.01. The molecule has 0 radical (unpaired) electrons. The average Bonchev–Trinajstić information content (AvgIpc) is 3.01. The molecule has 0 atom stereocenters. The van der Waals surface area contributed by atoms with Crippen LogP contribution in [0.5, 0.6) is 0 Å². The van der Waals surface area contributed by atoms with E-state index in [1.54, 1.807) is 16.2 Å². The predicted octanol–water partition coefficient (Wildman–Crippen LogP) is 2.12. The third-order valence-electron chi connectivity index (χ3n) is 3.80. The van der Waals surface area contributed by atoms with Crippen molar-refractivity contribution >= 4 is 23.4 Å². The summed E-state index contributed by atoms with van der Waals surface area (Å²) < 4.78 is 5.40. The number of guanidine groups is 1. The summed E-state index contributed by atoms with van der Waals surface area (Å²) >= 11 is 1.74. The second-order valence-corrected chi connectivity index (χ2v) is 8.22. The monoisotopic (exact) mass is 367 g/mol. The number of nitrogens with zero attached hydrogens (tertiary/aromatic N) is 4. The minimum Gasteiger partial charge on any atom is -0.444 e. The summed E-state index contributed by atoms with van der Waals surface area (Å²) in [5.41, 5.74) is 5.62. The first-order valence-electron chi connectivity index (χ1n) is 8.75. The highest BCUT2D eigenvalue weighted by atomic mass is 32.1. The van der Waals surface area contributed by atoms with Gasteiger partial charge in [0.2, 0.25) is 0 Å². The van der Waals surface area contributed by atoms with Crippen molar-refractivity contribution in [3.05, 3.63) is 16.1 Å². The smallest absolute Gasteiger partial charge is 0.410 e. The number of hydrogen-bond donors (Lipinski definition) is 1. The lowest BCUT2D eigenvalue weighted by molar-refractivity contribution is 0.0186. The van der Waals surface area contributed by atoms with Crippen LogP contribution in [0.1, 0.15) is 37.6 Å². The van der Waals surface area contributed by atoms with Gasteiger partial charge in [0.1, 0.15) is 5.60 Å². The molecule has 0 bridgehead atoms. The highest BCUT2D eigenvalue weighted by molar-refractivity contribution is 7.11. The van der Waals surface area contributed by atoms with Gasteiger partial charge in [0.25, 0.3) is 0 Å². The minimum atomic E-state index is -0.470. The Morgan fingerprint density at radius 1 is 1.32 bits per heavy atom. The molecule has 0 saturated carbocycles. The molecule has 2 N–H and O–H groups in total. The van der Waals surface area contributed by atoms with Gasteiger partial charge < -0.3 is 20.3 Å². The van der Waals surface area contributed by atoms with Crippen molar-refractivity contribution in [1.29, 1.82) is 0 Å². The molecule has 1 aliphatic heterocycles. The molecule has 7 nitrogen and oxygen atoms in total. The summed E-state index contributed by atoms with van der Waals surface area (Å²) in [7, 11) is 0. The Kier molecular flexibility index (Phi) is 6.64. The quantitative estimate of drug-likeness (QED) is 0.651. The van der Waals surface area contributed by atoms with Crippen molar-refractivity contribution in [2.75, 3.05) is 32.7 Å². The Balaban J connectivity index is 1.76. The summed E-state index contributed by atoms with van der Waals surface area (Å²) in [5, 5.41) is 1.10. The number of aromatic nitrogens is 1. The molecular weight excluding hydrogens is 338 g/mol. The standard InChI is InChI=1S/C17H29N5O2S/c1-5-13-12-20-14(25-13)6-7-19-15(18)21-8-10-22(11-9-21)16(23)24-17(2,3)4/h12H,5-11H2,1-4H3,(H2,18,19). The van der Waals surface area contributed by atoms with Gasteiger partial charge in [-0.1, -0.05) is 6.92 Å². The van der Waals surface area contributed by atoms with Crippen LogP contribution in [0.2, 0.25) is 0 Å². The molecule has 0 aliphatic carbocycles. The fraction of sp³-hybridized carbons (Fsp3) is 0.706. The molecule has 2 rings (SSSR count). The molecule has 1 aromatic heterocycles. The Bertz CT molecular complexity index is 600. The molecule has 0 spiro atoms. The molecule has 25 heavy (non-hydrogen) atoms. The SMILES string of the molecule is CCc1cnc(CCN=C(N)N2CCN(C(=O)OC(C)(C)C)CC2)s1. The lowest BCUT2D eigenvalue weighted by atomic mass is 10.2. The lowest BCUT2D eigenvalue weighted by Crippen LogP contribution is -2.53. The number of carbonyl (C=O) groups is 1. The molecule has 0 unspecified atom stereocenters. The summed E-state index contributed by atoms with van der Waals surface area (Å²) in [6.07, 6.45) is 3.50. The van der Waals surface area contributed by atoms with Gasteiger partial charge in [0, 0.05) is 50.2 Å². The second-order valence-electron chi connectivity index (χ2n) is 7.02. The normalized spacial score (nSPS) is 16.2. The zero-order valence-electron chi connectivity index (χ0n) is 15.6. The first kappa shape index (κ1) is 19.5. The van der Waals surface area contributed by atoms with E-state index in [0.29, 0.717) is 38.7 Å². The zero-order valence-corrected chi connectivity index (χ0v) is 16.4. The second kappa shape index (κ2) is 8.51. The number of aliphatic imine (C=N–C) groups is 1.